The number of hydrogen-bond donors (Lipinski definition) is 3. The van der Waals surface area contributed by atoms with Crippen LogP contribution in [0.2, 0.25) is 0 Å². The topological polar surface area (TPSA) is 107 Å². The van der Waals surface area contributed by atoms with Crippen LogP contribution in [0.5, 0.6) is 0 Å². The number of anilines is 1. The second-order valence-corrected chi connectivity index (χ2v) is 6.39. The third kappa shape index (κ3) is 7.31. The van der Waals surface area contributed by atoms with Crippen molar-refractivity contribution in [2.75, 3.05) is 19.0 Å². The molecule has 0 aliphatic carbocycles. The molecule has 0 saturated heterocycles. The van der Waals surface area contributed by atoms with E-state index in [2.05, 4.69) is 20.6 Å². The number of nitrogens with one attached hydrogen (secondary N) is 2. The molecule has 1 unspecified atom stereocenters. The number of carbonyl (C=O) groups is 2. The Kier molecular flexibility index (Phi) is 7.54. The molecule has 2 aromatic rings. The lowest BCUT2D eigenvalue weighted by molar-refractivity contribution is -0.137. The maximum atomic E-state index is 12.3. The quantitative estimate of drug-likeness (QED) is 0.621. The number of hydrogen-bond acceptors (Lipinski definition) is 5. The highest BCUT2D eigenvalue weighted by molar-refractivity contribution is 5.74. The van der Waals surface area contributed by atoms with Crippen LogP contribution in [-0.2, 0) is 17.8 Å². The van der Waals surface area contributed by atoms with Gasteiger partial charge in [-0.25, -0.2) is 14.8 Å². The monoisotopic (exact) mass is 371 g/mol. The number of carbonyl (C=O) groups excluding carboxylic acids is 1. The van der Waals surface area contributed by atoms with Gasteiger partial charge in [0.1, 0.15) is 0 Å². The van der Waals surface area contributed by atoms with Crippen LogP contribution in [0.25, 0.3) is 0 Å². The van der Waals surface area contributed by atoms with Crippen molar-refractivity contribution in [1.82, 2.24) is 20.6 Å². The third-order valence-electron chi connectivity index (χ3n) is 3.90. The number of aromatic nitrogens is 2. The van der Waals surface area contributed by atoms with Gasteiger partial charge < -0.3 is 20.6 Å². The number of carboxylic acids is 1. The van der Waals surface area contributed by atoms with Crippen LogP contribution in [0.15, 0.2) is 42.6 Å². The first-order valence-electron chi connectivity index (χ1n) is 8.73. The van der Waals surface area contributed by atoms with Crippen LogP contribution in [0, 0.1) is 0 Å². The minimum absolute atomic E-state index is 0.00408. The molecule has 27 heavy (non-hydrogen) atoms. The average Bonchev–Trinajstić information content (AvgIpc) is 2.65. The van der Waals surface area contributed by atoms with E-state index in [4.69, 9.17) is 5.11 Å². The van der Waals surface area contributed by atoms with E-state index in [0.717, 1.165) is 5.56 Å². The van der Waals surface area contributed by atoms with Crippen molar-refractivity contribution in [3.05, 3.63) is 53.9 Å². The number of urea groups is 1. The Morgan fingerprint density at radius 1 is 1.19 bits per heavy atom. The maximum Gasteiger partial charge on any atom is 0.315 e. The highest BCUT2D eigenvalue weighted by atomic mass is 16.4. The Balaban J connectivity index is 1.92. The summed E-state index contributed by atoms with van der Waals surface area (Å²) in [6.45, 7) is 0.256. The standard InChI is InChI=1S/C19H25N5O3/c1-24(2)18-20-11-10-16(22-18)13-21-19(27)23-15(8-9-17(25)26)12-14-6-4-3-5-7-14/h3-7,10-11,15H,8-9,12-13H2,1-2H3,(H,25,26)(H2,21,23,27). The molecule has 2 rings (SSSR count). The fraction of sp³-hybridized carbons (Fsp3) is 0.368. The molecule has 8 nitrogen and oxygen atoms in total. The molecule has 1 atom stereocenters. The van der Waals surface area contributed by atoms with Crippen LogP contribution in [0.1, 0.15) is 24.1 Å². The number of nitrogens with zero attached hydrogens (tertiary/aromatic N) is 3. The highest BCUT2D eigenvalue weighted by Crippen LogP contribution is 2.08. The lowest BCUT2D eigenvalue weighted by Gasteiger charge is -2.19. The van der Waals surface area contributed by atoms with Crippen molar-refractivity contribution in [2.24, 2.45) is 0 Å². The number of amides is 2. The number of rotatable bonds is 9. The van der Waals surface area contributed by atoms with E-state index in [9.17, 15) is 9.59 Å². The van der Waals surface area contributed by atoms with E-state index in [1.54, 1.807) is 17.2 Å². The van der Waals surface area contributed by atoms with Gasteiger partial charge in [-0.05, 0) is 24.5 Å². The first-order valence-corrected chi connectivity index (χ1v) is 8.73. The predicted molar refractivity (Wildman–Crippen MR) is 103 cm³/mol. The average molecular weight is 371 g/mol. The molecule has 144 valence electrons. The molecular formula is C19H25N5O3. The molecule has 0 saturated carbocycles. The van der Waals surface area contributed by atoms with Gasteiger partial charge in [0.15, 0.2) is 0 Å². The largest absolute Gasteiger partial charge is 0.481 e. The number of carboxylic acid groups (broad SMARTS) is 1. The highest BCUT2D eigenvalue weighted by Gasteiger charge is 2.15. The van der Waals surface area contributed by atoms with E-state index < -0.39 is 5.97 Å². The summed E-state index contributed by atoms with van der Waals surface area (Å²) in [6.07, 6.45) is 2.56. The van der Waals surface area contributed by atoms with Gasteiger partial charge in [-0.2, -0.15) is 0 Å². The molecule has 0 aliphatic rings. The first kappa shape index (κ1) is 20.2. The van der Waals surface area contributed by atoms with E-state index in [0.29, 0.717) is 24.5 Å². The molecule has 0 aliphatic heterocycles. The van der Waals surface area contributed by atoms with E-state index >= 15 is 0 Å². The summed E-state index contributed by atoms with van der Waals surface area (Å²) in [6, 6.07) is 10.8. The molecule has 0 radical (unpaired) electrons. The molecule has 0 fully saturated rings. The molecule has 1 heterocycles. The van der Waals surface area contributed by atoms with Crippen LogP contribution in [0.3, 0.4) is 0 Å². The summed E-state index contributed by atoms with van der Waals surface area (Å²) in [5.74, 6) is -0.314. The van der Waals surface area contributed by atoms with Crippen LogP contribution in [0.4, 0.5) is 10.7 Å². The molecular weight excluding hydrogens is 346 g/mol. The molecule has 3 N–H and O–H groups in total. The van der Waals surface area contributed by atoms with Gasteiger partial charge in [0.05, 0.1) is 12.2 Å². The van der Waals surface area contributed by atoms with Gasteiger partial charge in [0.2, 0.25) is 5.95 Å². The fourth-order valence-electron chi connectivity index (χ4n) is 2.53. The summed E-state index contributed by atoms with van der Waals surface area (Å²) in [4.78, 5) is 33.4. The Morgan fingerprint density at radius 3 is 2.59 bits per heavy atom. The van der Waals surface area contributed by atoms with Gasteiger partial charge in [-0.3, -0.25) is 4.79 Å². The Hall–Kier alpha value is -3.16. The minimum atomic E-state index is -0.882. The first-order chi connectivity index (χ1) is 12.9. The van der Waals surface area contributed by atoms with Crippen molar-refractivity contribution in [3.63, 3.8) is 0 Å². The van der Waals surface area contributed by atoms with Gasteiger partial charge in [-0.1, -0.05) is 30.3 Å². The van der Waals surface area contributed by atoms with Crippen molar-refractivity contribution >= 4 is 17.9 Å². The summed E-state index contributed by atoms with van der Waals surface area (Å²) < 4.78 is 0. The predicted octanol–water partition coefficient (Wildman–Crippen LogP) is 1.82. The molecule has 1 aromatic heterocycles. The number of benzene rings is 1. The molecule has 8 heteroatoms. The zero-order valence-electron chi connectivity index (χ0n) is 15.6. The third-order valence-corrected chi connectivity index (χ3v) is 3.90. The van der Waals surface area contributed by atoms with Gasteiger partial charge in [0, 0.05) is 32.8 Å². The van der Waals surface area contributed by atoms with Crippen LogP contribution in [-0.4, -0.2) is 47.2 Å². The number of aliphatic carboxylic acids is 1. The van der Waals surface area contributed by atoms with Crippen molar-refractivity contribution in [1.29, 1.82) is 0 Å². The van der Waals surface area contributed by atoms with Crippen LogP contribution >= 0.6 is 0 Å². The smallest absolute Gasteiger partial charge is 0.315 e. The van der Waals surface area contributed by atoms with Crippen molar-refractivity contribution in [3.8, 4) is 0 Å². The lowest BCUT2D eigenvalue weighted by atomic mass is 10.0. The minimum Gasteiger partial charge on any atom is -0.481 e. The fourth-order valence-corrected chi connectivity index (χ4v) is 2.53. The second kappa shape index (κ2) is 10.1. The molecule has 0 bridgehead atoms. The normalized spacial score (nSPS) is 11.5. The zero-order valence-corrected chi connectivity index (χ0v) is 15.6. The maximum absolute atomic E-state index is 12.3. The van der Waals surface area contributed by atoms with Crippen molar-refractivity contribution in [2.45, 2.75) is 31.8 Å². The van der Waals surface area contributed by atoms with Gasteiger partial charge in [0.25, 0.3) is 0 Å². The SMILES string of the molecule is CN(C)c1nccc(CNC(=O)NC(CCC(=O)O)Cc2ccccc2)n1. The van der Waals surface area contributed by atoms with E-state index in [1.165, 1.54) is 0 Å². The van der Waals surface area contributed by atoms with E-state index in [-0.39, 0.29) is 25.0 Å². The van der Waals surface area contributed by atoms with Crippen LogP contribution < -0.4 is 15.5 Å². The zero-order chi connectivity index (χ0) is 19.6. The summed E-state index contributed by atoms with van der Waals surface area (Å²) >= 11 is 0. The second-order valence-electron chi connectivity index (χ2n) is 6.39. The van der Waals surface area contributed by atoms with Gasteiger partial charge >= 0.3 is 12.0 Å². The summed E-state index contributed by atoms with van der Waals surface area (Å²) in [5, 5.41) is 14.6. The molecule has 1 aromatic carbocycles. The van der Waals surface area contributed by atoms with Gasteiger partial charge in [-0.15, -0.1) is 0 Å². The Labute approximate surface area is 158 Å². The summed E-state index contributed by atoms with van der Waals surface area (Å²) in [7, 11) is 3.69. The summed E-state index contributed by atoms with van der Waals surface area (Å²) in [5.41, 5.74) is 1.73. The van der Waals surface area contributed by atoms with E-state index in [1.807, 2.05) is 44.4 Å². The Morgan fingerprint density at radius 2 is 1.93 bits per heavy atom. The lowest BCUT2D eigenvalue weighted by Crippen LogP contribution is -2.43. The van der Waals surface area contributed by atoms with Crippen molar-refractivity contribution < 1.29 is 14.7 Å². The molecule has 0 spiro atoms. The Bertz CT molecular complexity index is 752. The molecule has 2 amide bonds.